The Kier molecular flexibility index (Phi) is 5.11. The van der Waals surface area contributed by atoms with Gasteiger partial charge in [0.25, 0.3) is 0 Å². The number of aromatic hydroxyl groups is 1. The Labute approximate surface area is 146 Å². The summed E-state index contributed by atoms with van der Waals surface area (Å²) in [6.45, 7) is 5.95. The molecule has 128 valence electrons. The predicted octanol–water partition coefficient (Wildman–Crippen LogP) is 2.71. The van der Waals surface area contributed by atoms with Gasteiger partial charge >= 0.3 is 0 Å². The van der Waals surface area contributed by atoms with Gasteiger partial charge in [-0.05, 0) is 19.1 Å². The monoisotopic (exact) mass is 348 g/mol. The van der Waals surface area contributed by atoms with Crippen LogP contribution in [0.15, 0.2) is 39.5 Å². The quantitative estimate of drug-likeness (QED) is 0.861. The van der Waals surface area contributed by atoms with E-state index in [0.29, 0.717) is 18.1 Å². The van der Waals surface area contributed by atoms with E-state index >= 15 is 0 Å². The fraction of sp³-hybridized carbons (Fsp3) is 0.389. The van der Waals surface area contributed by atoms with Crippen molar-refractivity contribution in [1.82, 2.24) is 4.90 Å². The van der Waals surface area contributed by atoms with E-state index in [2.05, 4.69) is 41.0 Å². The molecule has 0 aliphatic carbocycles. The van der Waals surface area contributed by atoms with Gasteiger partial charge in [-0.3, -0.25) is 9.69 Å². The van der Waals surface area contributed by atoms with Gasteiger partial charge in [-0.2, -0.15) is 0 Å². The maximum Gasteiger partial charge on any atom is 0.227 e. The van der Waals surface area contributed by atoms with Crippen LogP contribution in [-0.2, 0) is 12.4 Å². The lowest BCUT2D eigenvalue weighted by Gasteiger charge is -2.35. The minimum atomic E-state index is -0.440. The molecule has 6 heteroatoms. The number of halogens is 1. The third-order valence-electron chi connectivity index (χ3n) is 4.31. The average molecular weight is 349 g/mol. The van der Waals surface area contributed by atoms with Gasteiger partial charge in [0.05, 0.1) is 12.4 Å². The van der Waals surface area contributed by atoms with E-state index in [1.54, 1.807) is 0 Å². The van der Waals surface area contributed by atoms with Gasteiger partial charge in [-0.1, -0.05) is 17.7 Å². The number of aryl methyl sites for hydroxylation is 1. The molecule has 24 heavy (non-hydrogen) atoms. The van der Waals surface area contributed by atoms with Crippen molar-refractivity contribution in [1.29, 1.82) is 0 Å². The molecular weight excluding hydrogens is 328 g/mol. The molecule has 2 aromatic rings. The summed E-state index contributed by atoms with van der Waals surface area (Å²) in [5.74, 6) is 0.475. The number of benzene rings is 1. The third-order valence-corrected chi connectivity index (χ3v) is 4.58. The summed E-state index contributed by atoms with van der Waals surface area (Å²) < 4.78 is 5.53. The standard InChI is InChI=1S/C18H21ClN2O3/c1-13-2-4-14(5-3-13)21-8-6-20(7-9-21)12-17-18(23)16(22)10-15(11-19)24-17/h2-5,10,23H,6-9,11-12H2,1H3. The first-order chi connectivity index (χ1) is 11.6. The number of alkyl halides is 1. The highest BCUT2D eigenvalue weighted by Gasteiger charge is 2.20. The number of rotatable bonds is 4. The first-order valence-corrected chi connectivity index (χ1v) is 8.55. The molecule has 1 aromatic carbocycles. The molecule has 1 saturated heterocycles. The summed E-state index contributed by atoms with van der Waals surface area (Å²) >= 11 is 5.73. The van der Waals surface area contributed by atoms with Crippen LogP contribution in [0.4, 0.5) is 5.69 Å². The highest BCUT2D eigenvalue weighted by molar-refractivity contribution is 6.16. The lowest BCUT2D eigenvalue weighted by Crippen LogP contribution is -2.46. The van der Waals surface area contributed by atoms with Crippen molar-refractivity contribution in [2.45, 2.75) is 19.3 Å². The van der Waals surface area contributed by atoms with Crippen LogP contribution < -0.4 is 10.3 Å². The smallest absolute Gasteiger partial charge is 0.227 e. The fourth-order valence-corrected chi connectivity index (χ4v) is 3.02. The summed E-state index contributed by atoms with van der Waals surface area (Å²) in [5, 5.41) is 9.92. The molecule has 1 N–H and O–H groups in total. The maximum atomic E-state index is 11.7. The van der Waals surface area contributed by atoms with Gasteiger partial charge in [0.2, 0.25) is 11.2 Å². The van der Waals surface area contributed by atoms with Gasteiger partial charge in [-0.25, -0.2) is 0 Å². The minimum Gasteiger partial charge on any atom is -0.502 e. The second kappa shape index (κ2) is 7.28. The maximum absolute atomic E-state index is 11.7. The largest absolute Gasteiger partial charge is 0.502 e. The van der Waals surface area contributed by atoms with Crippen LogP contribution in [0.5, 0.6) is 5.75 Å². The SMILES string of the molecule is Cc1ccc(N2CCN(Cc3oc(CCl)cc(=O)c3O)CC2)cc1. The highest BCUT2D eigenvalue weighted by atomic mass is 35.5. The average Bonchev–Trinajstić information content (AvgIpc) is 2.60. The van der Waals surface area contributed by atoms with Crippen molar-refractivity contribution in [3.05, 3.63) is 57.6 Å². The number of hydrogen-bond acceptors (Lipinski definition) is 5. The van der Waals surface area contributed by atoms with Gasteiger partial charge in [0.1, 0.15) is 5.76 Å². The van der Waals surface area contributed by atoms with Gasteiger partial charge in [0, 0.05) is 37.9 Å². The molecule has 0 radical (unpaired) electrons. The molecule has 0 saturated carbocycles. The predicted molar refractivity (Wildman–Crippen MR) is 94.9 cm³/mol. The number of piperazine rings is 1. The first-order valence-electron chi connectivity index (χ1n) is 8.01. The van der Waals surface area contributed by atoms with E-state index in [4.69, 9.17) is 16.0 Å². The van der Waals surface area contributed by atoms with Crippen LogP contribution in [-0.4, -0.2) is 36.2 Å². The Hall–Kier alpha value is -1.98. The van der Waals surface area contributed by atoms with Crippen LogP contribution in [0.25, 0.3) is 0 Å². The van der Waals surface area contributed by atoms with Gasteiger partial charge in [0.15, 0.2) is 5.76 Å². The zero-order chi connectivity index (χ0) is 17.1. The number of hydrogen-bond donors (Lipinski definition) is 1. The van der Waals surface area contributed by atoms with Gasteiger partial charge < -0.3 is 14.4 Å². The van der Waals surface area contributed by atoms with Gasteiger partial charge in [-0.15, -0.1) is 11.6 Å². The van der Waals surface area contributed by atoms with Crippen LogP contribution in [0.1, 0.15) is 17.1 Å². The molecule has 0 spiro atoms. The van der Waals surface area contributed by atoms with Crippen molar-refractivity contribution in [2.24, 2.45) is 0 Å². The van der Waals surface area contributed by atoms with Crippen molar-refractivity contribution < 1.29 is 9.52 Å². The molecule has 3 rings (SSSR count). The summed E-state index contributed by atoms with van der Waals surface area (Å²) in [7, 11) is 0. The number of nitrogens with zero attached hydrogens (tertiary/aromatic N) is 2. The molecule has 1 fully saturated rings. The Bertz CT molecular complexity index is 750. The summed E-state index contributed by atoms with van der Waals surface area (Å²) in [5.41, 5.74) is 2.03. The molecule has 0 unspecified atom stereocenters. The van der Waals surface area contributed by atoms with Crippen molar-refractivity contribution in [3.63, 3.8) is 0 Å². The second-order valence-corrected chi connectivity index (χ2v) is 6.35. The topological polar surface area (TPSA) is 56.9 Å². The molecule has 5 nitrogen and oxygen atoms in total. The highest BCUT2D eigenvalue weighted by Crippen LogP contribution is 2.21. The normalized spacial score (nSPS) is 15.7. The van der Waals surface area contributed by atoms with Crippen molar-refractivity contribution in [3.8, 4) is 5.75 Å². The van der Waals surface area contributed by atoms with Crippen molar-refractivity contribution in [2.75, 3.05) is 31.1 Å². The number of anilines is 1. The van der Waals surface area contributed by atoms with E-state index in [0.717, 1.165) is 26.2 Å². The van der Waals surface area contributed by atoms with Crippen LogP contribution in [0.3, 0.4) is 0 Å². The summed E-state index contributed by atoms with van der Waals surface area (Å²) in [6, 6.07) is 9.75. The fourth-order valence-electron chi connectivity index (χ4n) is 2.88. The Balaban J connectivity index is 1.64. The van der Waals surface area contributed by atoms with E-state index in [-0.39, 0.29) is 11.6 Å². The minimum absolute atomic E-state index is 0.115. The van der Waals surface area contributed by atoms with Crippen LogP contribution in [0, 0.1) is 6.92 Å². The zero-order valence-corrected chi connectivity index (χ0v) is 14.4. The van der Waals surface area contributed by atoms with E-state index in [1.807, 2.05) is 0 Å². The van der Waals surface area contributed by atoms with E-state index in [1.165, 1.54) is 17.3 Å². The molecule has 0 amide bonds. The molecular formula is C18H21ClN2O3. The summed E-state index contributed by atoms with van der Waals surface area (Å²) in [6.07, 6.45) is 0. The first kappa shape index (κ1) is 16.9. The molecule has 1 aliphatic heterocycles. The Morgan fingerprint density at radius 2 is 1.83 bits per heavy atom. The molecule has 0 bridgehead atoms. The van der Waals surface area contributed by atoms with Crippen LogP contribution >= 0.6 is 11.6 Å². The van der Waals surface area contributed by atoms with E-state index < -0.39 is 5.43 Å². The lowest BCUT2D eigenvalue weighted by atomic mass is 10.2. The Morgan fingerprint density at radius 1 is 1.17 bits per heavy atom. The summed E-state index contributed by atoms with van der Waals surface area (Å²) in [4.78, 5) is 16.2. The molecule has 2 heterocycles. The van der Waals surface area contributed by atoms with E-state index in [9.17, 15) is 9.90 Å². The lowest BCUT2D eigenvalue weighted by molar-refractivity contribution is 0.220. The molecule has 1 aromatic heterocycles. The third kappa shape index (κ3) is 3.74. The molecule has 0 atom stereocenters. The molecule has 1 aliphatic rings. The zero-order valence-electron chi connectivity index (χ0n) is 13.7. The second-order valence-electron chi connectivity index (χ2n) is 6.08. The Morgan fingerprint density at radius 3 is 2.46 bits per heavy atom. The van der Waals surface area contributed by atoms with Crippen molar-refractivity contribution >= 4 is 17.3 Å². The van der Waals surface area contributed by atoms with Crippen LogP contribution in [0.2, 0.25) is 0 Å².